The van der Waals surface area contributed by atoms with E-state index in [9.17, 15) is 18.8 Å². The summed E-state index contributed by atoms with van der Waals surface area (Å²) in [4.78, 5) is 44.6. The zero-order valence-corrected chi connectivity index (χ0v) is 22.3. The summed E-state index contributed by atoms with van der Waals surface area (Å²) in [6.45, 7) is 15.5. The summed E-state index contributed by atoms with van der Waals surface area (Å²) in [6, 6.07) is 4.34. The maximum absolute atomic E-state index is 14.1. The Bertz CT molecular complexity index is 1070. The summed E-state index contributed by atoms with van der Waals surface area (Å²) in [5.74, 6) is -1.04. The lowest BCUT2D eigenvalue weighted by Gasteiger charge is -2.43. The van der Waals surface area contributed by atoms with Gasteiger partial charge in [0.2, 0.25) is 0 Å². The number of nitrogens with zero attached hydrogens (tertiary/aromatic N) is 3. The van der Waals surface area contributed by atoms with Gasteiger partial charge in [0.1, 0.15) is 5.82 Å². The van der Waals surface area contributed by atoms with Crippen LogP contribution in [0.1, 0.15) is 46.2 Å². The summed E-state index contributed by atoms with van der Waals surface area (Å²) < 4.78 is 19.5. The average Bonchev–Trinajstić information content (AvgIpc) is 2.80. The molecule has 0 spiro atoms. The van der Waals surface area contributed by atoms with Crippen LogP contribution in [0.4, 0.5) is 14.0 Å². The van der Waals surface area contributed by atoms with Crippen molar-refractivity contribution in [2.24, 2.45) is 0 Å². The van der Waals surface area contributed by atoms with Crippen molar-refractivity contribution >= 4 is 18.0 Å². The first-order chi connectivity index (χ1) is 17.4. The minimum absolute atomic E-state index is 0.0907. The second-order valence-electron chi connectivity index (χ2n) is 10.4. The van der Waals surface area contributed by atoms with E-state index >= 15 is 0 Å². The average molecular weight is 516 g/mol. The van der Waals surface area contributed by atoms with Crippen molar-refractivity contribution in [2.75, 3.05) is 39.3 Å². The van der Waals surface area contributed by atoms with E-state index in [-0.39, 0.29) is 42.9 Å². The molecule has 1 aromatic carbocycles. The number of esters is 1. The molecule has 9 nitrogen and oxygen atoms in total. The van der Waals surface area contributed by atoms with Gasteiger partial charge in [0.25, 0.3) is 0 Å². The van der Waals surface area contributed by atoms with E-state index in [1.54, 1.807) is 30.0 Å². The zero-order valence-electron chi connectivity index (χ0n) is 22.3. The number of carbonyl (C=O) groups excluding carboxylic acids is 3. The Morgan fingerprint density at radius 2 is 2.03 bits per heavy atom. The number of ether oxygens (including phenoxy) is 1. The van der Waals surface area contributed by atoms with Crippen molar-refractivity contribution in [1.29, 1.82) is 0 Å². The molecule has 0 aromatic heterocycles. The fourth-order valence-electron chi connectivity index (χ4n) is 4.66. The van der Waals surface area contributed by atoms with Gasteiger partial charge in [0.05, 0.1) is 18.2 Å². The topological polar surface area (TPSA) is 94.2 Å². The van der Waals surface area contributed by atoms with Gasteiger partial charge < -0.3 is 20.3 Å². The molecule has 3 rings (SSSR count). The largest absolute Gasteiger partial charge is 0.463 e. The Hall–Kier alpha value is -3.40. The van der Waals surface area contributed by atoms with Gasteiger partial charge in [-0.15, -0.1) is 6.58 Å². The molecule has 37 heavy (non-hydrogen) atoms. The maximum Gasteiger partial charge on any atom is 0.338 e. The SMILES string of the molecule is C=CCN1C(=O)N[C@@H](c2cccc(F)c2)C(C(=O)OCC)=C1CN1CCN(C(=O)NC(C)(C)C)[C@H](C)C1. The fraction of sp³-hybridized carbons (Fsp3) is 0.519. The number of halogens is 1. The molecule has 1 aromatic rings. The van der Waals surface area contributed by atoms with Crippen LogP contribution in [0, 0.1) is 5.82 Å². The highest BCUT2D eigenvalue weighted by molar-refractivity contribution is 5.95. The summed E-state index contributed by atoms with van der Waals surface area (Å²) in [7, 11) is 0. The highest BCUT2D eigenvalue weighted by Crippen LogP contribution is 2.32. The lowest BCUT2D eigenvalue weighted by Crippen LogP contribution is -2.59. The monoisotopic (exact) mass is 515 g/mol. The molecule has 4 amide bonds. The van der Waals surface area contributed by atoms with Crippen LogP contribution in [0.3, 0.4) is 0 Å². The third-order valence-corrected chi connectivity index (χ3v) is 6.26. The van der Waals surface area contributed by atoms with Crippen LogP contribution in [0.15, 0.2) is 48.2 Å². The maximum atomic E-state index is 14.1. The van der Waals surface area contributed by atoms with Gasteiger partial charge in [-0.1, -0.05) is 18.2 Å². The van der Waals surface area contributed by atoms with E-state index in [0.29, 0.717) is 30.9 Å². The first-order valence-electron chi connectivity index (χ1n) is 12.6. The molecule has 202 valence electrons. The molecule has 0 saturated carbocycles. The van der Waals surface area contributed by atoms with Crippen LogP contribution < -0.4 is 10.6 Å². The normalized spacial score (nSPS) is 21.0. The number of hydrogen-bond acceptors (Lipinski definition) is 5. The first kappa shape index (κ1) is 28.2. The molecule has 10 heteroatoms. The van der Waals surface area contributed by atoms with Crippen molar-refractivity contribution in [3.05, 3.63) is 59.6 Å². The summed E-state index contributed by atoms with van der Waals surface area (Å²) in [6.07, 6.45) is 1.59. The quantitative estimate of drug-likeness (QED) is 0.429. The van der Waals surface area contributed by atoms with E-state index in [1.807, 2.05) is 27.7 Å². The Labute approximate surface area is 218 Å². The highest BCUT2D eigenvalue weighted by atomic mass is 19.1. The van der Waals surface area contributed by atoms with Gasteiger partial charge in [0, 0.05) is 50.0 Å². The fourth-order valence-corrected chi connectivity index (χ4v) is 4.66. The predicted molar refractivity (Wildman–Crippen MR) is 139 cm³/mol. The minimum Gasteiger partial charge on any atom is -0.463 e. The third-order valence-electron chi connectivity index (χ3n) is 6.26. The molecule has 1 saturated heterocycles. The van der Waals surface area contributed by atoms with Gasteiger partial charge in [-0.25, -0.2) is 18.8 Å². The van der Waals surface area contributed by atoms with Crippen molar-refractivity contribution < 1.29 is 23.5 Å². The number of hydrogen-bond donors (Lipinski definition) is 2. The Kier molecular flexibility index (Phi) is 8.96. The van der Waals surface area contributed by atoms with Crippen LogP contribution in [0.2, 0.25) is 0 Å². The third kappa shape index (κ3) is 6.88. The van der Waals surface area contributed by atoms with E-state index in [0.717, 1.165) is 0 Å². The van der Waals surface area contributed by atoms with Crippen molar-refractivity contribution in [2.45, 2.75) is 52.2 Å². The van der Waals surface area contributed by atoms with Gasteiger partial charge in [-0.2, -0.15) is 0 Å². The van der Waals surface area contributed by atoms with Gasteiger partial charge in [0.15, 0.2) is 0 Å². The van der Waals surface area contributed by atoms with Crippen LogP contribution in [0.5, 0.6) is 0 Å². The predicted octanol–water partition coefficient (Wildman–Crippen LogP) is 3.41. The molecule has 0 unspecified atom stereocenters. The Morgan fingerprint density at radius 1 is 1.30 bits per heavy atom. The lowest BCUT2D eigenvalue weighted by atomic mass is 9.94. The van der Waals surface area contributed by atoms with Gasteiger partial charge >= 0.3 is 18.0 Å². The summed E-state index contributed by atoms with van der Waals surface area (Å²) in [5, 5.41) is 5.84. The number of rotatable bonds is 7. The molecule has 2 N–H and O–H groups in total. The second-order valence-corrected chi connectivity index (χ2v) is 10.4. The number of urea groups is 2. The molecular formula is C27H38FN5O4. The molecule has 1 fully saturated rings. The smallest absolute Gasteiger partial charge is 0.338 e. The number of carbonyl (C=O) groups is 3. The van der Waals surface area contributed by atoms with Crippen molar-refractivity contribution in [3.8, 4) is 0 Å². The molecule has 0 bridgehead atoms. The van der Waals surface area contributed by atoms with E-state index in [2.05, 4.69) is 22.1 Å². The highest BCUT2D eigenvalue weighted by Gasteiger charge is 2.39. The number of nitrogens with one attached hydrogen (secondary N) is 2. The van der Waals surface area contributed by atoms with Crippen LogP contribution in [-0.2, 0) is 9.53 Å². The van der Waals surface area contributed by atoms with E-state index in [4.69, 9.17) is 4.74 Å². The molecular weight excluding hydrogens is 477 g/mol. The Balaban J connectivity index is 1.96. The van der Waals surface area contributed by atoms with Gasteiger partial charge in [-0.3, -0.25) is 9.80 Å². The Morgan fingerprint density at radius 3 is 2.62 bits per heavy atom. The van der Waals surface area contributed by atoms with Crippen molar-refractivity contribution in [3.63, 3.8) is 0 Å². The first-order valence-corrected chi connectivity index (χ1v) is 12.6. The second kappa shape index (κ2) is 11.8. The molecule has 2 heterocycles. The van der Waals surface area contributed by atoms with Crippen LogP contribution >= 0.6 is 0 Å². The molecule has 2 aliphatic heterocycles. The summed E-state index contributed by atoms with van der Waals surface area (Å²) in [5.41, 5.74) is 0.842. The molecule has 0 radical (unpaired) electrons. The molecule has 2 atom stereocenters. The molecule has 0 aliphatic carbocycles. The lowest BCUT2D eigenvalue weighted by molar-refractivity contribution is -0.139. The minimum atomic E-state index is -0.866. The van der Waals surface area contributed by atoms with E-state index < -0.39 is 23.9 Å². The number of benzene rings is 1. The van der Waals surface area contributed by atoms with Gasteiger partial charge in [-0.05, 0) is 52.3 Å². The van der Waals surface area contributed by atoms with Crippen molar-refractivity contribution in [1.82, 2.24) is 25.3 Å². The van der Waals surface area contributed by atoms with Crippen LogP contribution in [-0.4, -0.2) is 83.6 Å². The standard InChI is InChI=1S/C27H38FN5O4/c1-7-12-33-21(17-31-13-14-32(18(3)16-31)26(36)30-27(4,5)6)22(24(34)37-8-2)23(29-25(33)35)19-10-9-11-20(28)15-19/h7,9-11,15,18,23H,1,8,12-14,16-17H2,2-6H3,(H,29,35)(H,30,36)/t18-,23+/m1/s1. The molecule has 2 aliphatic rings. The summed E-state index contributed by atoms with van der Waals surface area (Å²) >= 11 is 0. The zero-order chi connectivity index (χ0) is 27.3. The number of piperazine rings is 1. The number of amides is 4. The van der Waals surface area contributed by atoms with Crippen LogP contribution in [0.25, 0.3) is 0 Å². The van der Waals surface area contributed by atoms with E-state index in [1.165, 1.54) is 17.0 Å².